The molecule has 3 rings (SSSR count). The minimum Gasteiger partial charge on any atom is -0.337 e. The Bertz CT molecular complexity index is 922. The van der Waals surface area contributed by atoms with Gasteiger partial charge in [0.2, 0.25) is 15.9 Å². The predicted molar refractivity (Wildman–Crippen MR) is 83.6 cm³/mol. The highest BCUT2D eigenvalue weighted by Crippen LogP contribution is 2.37. The van der Waals surface area contributed by atoms with E-state index in [2.05, 4.69) is 14.9 Å². The topological polar surface area (TPSA) is 85.1 Å². The summed E-state index contributed by atoms with van der Waals surface area (Å²) in [5, 5.41) is 3.93. The Labute approximate surface area is 132 Å². The summed E-state index contributed by atoms with van der Waals surface area (Å²) >= 11 is 0. The molecule has 0 radical (unpaired) electrons. The number of aromatic nitrogens is 2. The number of sulfonamides is 1. The van der Waals surface area contributed by atoms with Gasteiger partial charge in [0.25, 0.3) is 0 Å². The van der Waals surface area contributed by atoms with Crippen LogP contribution >= 0.6 is 0 Å². The fourth-order valence-corrected chi connectivity index (χ4v) is 2.60. The highest BCUT2D eigenvalue weighted by Gasteiger charge is 2.21. The van der Waals surface area contributed by atoms with Crippen molar-refractivity contribution < 1.29 is 17.3 Å². The first-order valence-electron chi connectivity index (χ1n) is 6.58. The number of anilines is 1. The van der Waals surface area contributed by atoms with Gasteiger partial charge in [-0.15, -0.1) is 0 Å². The Kier molecular flexibility index (Phi) is 3.83. The van der Waals surface area contributed by atoms with Crippen LogP contribution in [-0.2, 0) is 10.0 Å². The number of hydrogen-bond acceptors (Lipinski definition) is 5. The third-order valence-electron chi connectivity index (χ3n) is 3.06. The number of hydrogen-bond donors (Lipinski definition) is 1. The first-order valence-corrected chi connectivity index (χ1v) is 8.47. The van der Waals surface area contributed by atoms with Gasteiger partial charge in [-0.05, 0) is 42.0 Å². The molecule has 23 heavy (non-hydrogen) atoms. The van der Waals surface area contributed by atoms with Crippen molar-refractivity contribution in [2.45, 2.75) is 0 Å². The number of rotatable bonds is 4. The zero-order chi connectivity index (χ0) is 16.4. The molecule has 0 amide bonds. The number of pyridine rings is 1. The van der Waals surface area contributed by atoms with Crippen LogP contribution in [0.4, 0.5) is 10.3 Å². The van der Waals surface area contributed by atoms with Gasteiger partial charge in [-0.2, -0.15) is 0 Å². The van der Waals surface area contributed by atoms with Crippen molar-refractivity contribution in [2.75, 3.05) is 11.0 Å². The molecule has 3 aromatic rings. The molecule has 0 aliphatic rings. The lowest BCUT2D eigenvalue weighted by molar-refractivity contribution is 0.438. The van der Waals surface area contributed by atoms with Crippen LogP contribution in [0.15, 0.2) is 53.3 Å². The third-order valence-corrected chi connectivity index (χ3v) is 3.61. The van der Waals surface area contributed by atoms with E-state index in [1.165, 1.54) is 12.1 Å². The maximum atomic E-state index is 13.1. The summed E-state index contributed by atoms with van der Waals surface area (Å²) in [5.74, 6) is -0.379. The molecule has 2 heterocycles. The van der Waals surface area contributed by atoms with Crippen LogP contribution in [0.3, 0.4) is 0 Å². The van der Waals surface area contributed by atoms with Crippen LogP contribution in [0.1, 0.15) is 0 Å². The van der Waals surface area contributed by atoms with Gasteiger partial charge in [0, 0.05) is 18.0 Å². The van der Waals surface area contributed by atoms with E-state index in [-0.39, 0.29) is 11.7 Å². The Morgan fingerprint density at radius 2 is 1.70 bits per heavy atom. The average Bonchev–Trinajstić information content (AvgIpc) is 2.90. The third kappa shape index (κ3) is 3.37. The predicted octanol–water partition coefficient (Wildman–Crippen LogP) is 2.91. The van der Waals surface area contributed by atoms with E-state index in [0.717, 1.165) is 6.26 Å². The van der Waals surface area contributed by atoms with Gasteiger partial charge in [-0.1, -0.05) is 5.16 Å². The summed E-state index contributed by atoms with van der Waals surface area (Å²) in [6.45, 7) is 0. The van der Waals surface area contributed by atoms with E-state index in [1.54, 1.807) is 36.7 Å². The number of nitrogens with one attached hydrogen (secondary N) is 1. The molecule has 0 spiro atoms. The number of halogens is 1. The quantitative estimate of drug-likeness (QED) is 0.793. The highest BCUT2D eigenvalue weighted by molar-refractivity contribution is 7.92. The van der Waals surface area contributed by atoms with Crippen LogP contribution in [0.25, 0.3) is 22.4 Å². The standard InChI is InChI=1S/C15H12FN3O3S/c1-23(20,21)19-15-13(10-6-8-17-9-7-10)14(18-22-15)11-2-4-12(16)5-3-11/h2-9,19H,1H3. The molecule has 0 saturated heterocycles. The molecular formula is C15H12FN3O3S. The minimum absolute atomic E-state index is 0.00183. The Morgan fingerprint density at radius 1 is 1.04 bits per heavy atom. The van der Waals surface area contributed by atoms with Crippen molar-refractivity contribution in [3.8, 4) is 22.4 Å². The molecule has 6 nitrogen and oxygen atoms in total. The van der Waals surface area contributed by atoms with E-state index in [9.17, 15) is 12.8 Å². The number of nitrogens with zero attached hydrogens (tertiary/aromatic N) is 2. The normalized spacial score (nSPS) is 11.4. The van der Waals surface area contributed by atoms with Crippen molar-refractivity contribution >= 4 is 15.9 Å². The van der Waals surface area contributed by atoms with Gasteiger partial charge in [0.1, 0.15) is 11.5 Å². The minimum atomic E-state index is -3.54. The second-order valence-electron chi connectivity index (χ2n) is 4.85. The molecule has 8 heteroatoms. The molecule has 1 N–H and O–H groups in total. The average molecular weight is 333 g/mol. The summed E-state index contributed by atoms with van der Waals surface area (Å²) in [5.41, 5.74) is 2.14. The Hall–Kier alpha value is -2.74. The lowest BCUT2D eigenvalue weighted by Gasteiger charge is -2.05. The molecule has 0 unspecified atom stereocenters. The van der Waals surface area contributed by atoms with Gasteiger partial charge in [-0.25, -0.2) is 12.8 Å². The Balaban J connectivity index is 2.19. The highest BCUT2D eigenvalue weighted by atomic mass is 32.2. The van der Waals surface area contributed by atoms with Crippen molar-refractivity contribution in [1.29, 1.82) is 0 Å². The molecule has 0 bridgehead atoms. The SMILES string of the molecule is CS(=O)(=O)Nc1onc(-c2ccc(F)cc2)c1-c1ccncc1. The zero-order valence-corrected chi connectivity index (χ0v) is 12.8. The fraction of sp³-hybridized carbons (Fsp3) is 0.0667. The molecule has 0 fully saturated rings. The van der Waals surface area contributed by atoms with Crippen LogP contribution in [0.2, 0.25) is 0 Å². The van der Waals surface area contributed by atoms with Crippen LogP contribution < -0.4 is 4.72 Å². The summed E-state index contributed by atoms with van der Waals surface area (Å²) in [4.78, 5) is 3.93. The molecule has 0 atom stereocenters. The molecule has 2 aromatic heterocycles. The fourth-order valence-electron chi connectivity index (χ4n) is 2.12. The second kappa shape index (κ2) is 5.81. The van der Waals surface area contributed by atoms with E-state index in [0.29, 0.717) is 22.4 Å². The summed E-state index contributed by atoms with van der Waals surface area (Å²) in [7, 11) is -3.54. The van der Waals surface area contributed by atoms with Gasteiger partial charge >= 0.3 is 0 Å². The van der Waals surface area contributed by atoms with Crippen molar-refractivity contribution in [3.05, 3.63) is 54.6 Å². The molecule has 118 valence electrons. The molecule has 0 aliphatic carbocycles. The van der Waals surface area contributed by atoms with Crippen LogP contribution in [0, 0.1) is 5.82 Å². The second-order valence-corrected chi connectivity index (χ2v) is 6.60. The van der Waals surface area contributed by atoms with Crippen LogP contribution in [0.5, 0.6) is 0 Å². The molecule has 0 aliphatic heterocycles. The van der Waals surface area contributed by atoms with Gasteiger partial charge < -0.3 is 4.52 Å². The van der Waals surface area contributed by atoms with Gasteiger partial charge in [0.15, 0.2) is 0 Å². The van der Waals surface area contributed by atoms with Crippen molar-refractivity contribution in [3.63, 3.8) is 0 Å². The van der Waals surface area contributed by atoms with Gasteiger partial charge in [0.05, 0.1) is 11.8 Å². The van der Waals surface area contributed by atoms with Crippen molar-refractivity contribution in [2.24, 2.45) is 0 Å². The van der Waals surface area contributed by atoms with E-state index in [1.807, 2.05) is 0 Å². The Morgan fingerprint density at radius 3 is 2.30 bits per heavy atom. The van der Waals surface area contributed by atoms with Gasteiger partial charge in [-0.3, -0.25) is 9.71 Å². The summed E-state index contributed by atoms with van der Waals surface area (Å²) < 4.78 is 43.6. The largest absolute Gasteiger partial charge is 0.337 e. The summed E-state index contributed by atoms with van der Waals surface area (Å²) in [6, 6.07) is 9.08. The first-order chi connectivity index (χ1) is 10.9. The molecule has 0 saturated carbocycles. The lowest BCUT2D eigenvalue weighted by Crippen LogP contribution is -2.09. The summed E-state index contributed by atoms with van der Waals surface area (Å²) in [6.07, 6.45) is 4.16. The molecule has 1 aromatic carbocycles. The molecular weight excluding hydrogens is 321 g/mol. The van der Waals surface area contributed by atoms with E-state index in [4.69, 9.17) is 4.52 Å². The van der Waals surface area contributed by atoms with E-state index < -0.39 is 10.0 Å². The van der Waals surface area contributed by atoms with Crippen molar-refractivity contribution in [1.82, 2.24) is 10.1 Å². The maximum Gasteiger partial charge on any atom is 0.246 e. The number of benzene rings is 1. The first kappa shape index (κ1) is 15.2. The monoisotopic (exact) mass is 333 g/mol. The lowest BCUT2D eigenvalue weighted by atomic mass is 10.0. The smallest absolute Gasteiger partial charge is 0.246 e. The maximum absolute atomic E-state index is 13.1. The zero-order valence-electron chi connectivity index (χ0n) is 12.0. The van der Waals surface area contributed by atoms with Crippen LogP contribution in [-0.4, -0.2) is 24.8 Å². The van der Waals surface area contributed by atoms with E-state index >= 15 is 0 Å².